The Morgan fingerprint density at radius 2 is 2.20 bits per heavy atom. The van der Waals surface area contributed by atoms with Crippen LogP contribution in [0.4, 0.5) is 0 Å². The van der Waals surface area contributed by atoms with Crippen molar-refractivity contribution in [2.75, 3.05) is 0 Å². The van der Waals surface area contributed by atoms with E-state index in [0.29, 0.717) is 11.9 Å². The number of aromatic nitrogens is 2. The molecule has 78 valence electrons. The molecule has 0 unspecified atom stereocenters. The van der Waals surface area contributed by atoms with Crippen LogP contribution in [0.3, 0.4) is 0 Å². The number of benzene rings is 1. The number of carbonyl (C=O) groups is 1. The predicted molar refractivity (Wildman–Crippen MR) is 60.1 cm³/mol. The van der Waals surface area contributed by atoms with E-state index in [0.717, 1.165) is 23.7 Å². The zero-order chi connectivity index (χ0) is 10.8. The normalized spacial score (nSPS) is 12.9. The molecular weight excluding hydrogens is 188 g/mol. The van der Waals surface area contributed by atoms with E-state index in [-0.39, 0.29) is 0 Å². The summed E-state index contributed by atoms with van der Waals surface area (Å²) in [5, 5.41) is 0. The maximum atomic E-state index is 10.9. The van der Waals surface area contributed by atoms with Gasteiger partial charge in [0.25, 0.3) is 0 Å². The van der Waals surface area contributed by atoms with Crippen molar-refractivity contribution >= 4 is 17.3 Å². The minimum Gasteiger partial charge on any atom is -0.319 e. The van der Waals surface area contributed by atoms with Gasteiger partial charge < -0.3 is 4.57 Å². The van der Waals surface area contributed by atoms with E-state index in [9.17, 15) is 4.79 Å². The summed E-state index contributed by atoms with van der Waals surface area (Å²) >= 11 is 0. The monoisotopic (exact) mass is 202 g/mol. The first-order chi connectivity index (χ1) is 7.27. The highest BCUT2D eigenvalue weighted by atomic mass is 16.1. The molecule has 0 amide bonds. The van der Waals surface area contributed by atoms with Gasteiger partial charge in [0, 0.05) is 6.04 Å². The summed E-state index contributed by atoms with van der Waals surface area (Å²) < 4.78 is 2.00. The summed E-state index contributed by atoms with van der Waals surface area (Å²) in [7, 11) is 0. The SMILES string of the molecule is CC[C@H](C)n1c(C=O)nc2ccccc21. The molecule has 0 spiro atoms. The third-order valence-electron chi connectivity index (χ3n) is 2.76. The summed E-state index contributed by atoms with van der Waals surface area (Å²) in [5.74, 6) is 0.519. The van der Waals surface area contributed by atoms with Gasteiger partial charge in [-0.3, -0.25) is 4.79 Å². The van der Waals surface area contributed by atoms with Gasteiger partial charge in [-0.2, -0.15) is 0 Å². The molecule has 0 fully saturated rings. The van der Waals surface area contributed by atoms with Crippen LogP contribution in [0.5, 0.6) is 0 Å². The van der Waals surface area contributed by atoms with Gasteiger partial charge in [-0.25, -0.2) is 4.98 Å². The molecule has 0 saturated carbocycles. The summed E-state index contributed by atoms with van der Waals surface area (Å²) in [6.07, 6.45) is 1.81. The van der Waals surface area contributed by atoms with E-state index in [1.807, 2.05) is 28.8 Å². The van der Waals surface area contributed by atoms with Crippen LogP contribution >= 0.6 is 0 Å². The quantitative estimate of drug-likeness (QED) is 0.717. The van der Waals surface area contributed by atoms with Crippen LogP contribution in [-0.2, 0) is 0 Å². The number of hydrogen-bond donors (Lipinski definition) is 0. The van der Waals surface area contributed by atoms with Gasteiger partial charge in [0.15, 0.2) is 12.1 Å². The lowest BCUT2D eigenvalue weighted by Crippen LogP contribution is -2.07. The Hall–Kier alpha value is -1.64. The topological polar surface area (TPSA) is 34.9 Å². The summed E-state index contributed by atoms with van der Waals surface area (Å²) in [6, 6.07) is 8.14. The molecule has 15 heavy (non-hydrogen) atoms. The van der Waals surface area contributed by atoms with E-state index < -0.39 is 0 Å². The molecule has 0 bridgehead atoms. The second-order valence-corrected chi connectivity index (χ2v) is 3.70. The van der Waals surface area contributed by atoms with E-state index >= 15 is 0 Å². The molecule has 0 N–H and O–H groups in total. The Kier molecular flexibility index (Phi) is 2.54. The number of para-hydroxylation sites is 2. The predicted octanol–water partition coefficient (Wildman–Crippen LogP) is 2.82. The molecule has 0 aliphatic heterocycles. The lowest BCUT2D eigenvalue weighted by Gasteiger charge is -2.13. The first-order valence-electron chi connectivity index (χ1n) is 5.20. The van der Waals surface area contributed by atoms with Crippen molar-refractivity contribution < 1.29 is 4.79 Å². The lowest BCUT2D eigenvalue weighted by atomic mass is 10.2. The molecule has 1 aromatic carbocycles. The molecule has 3 nitrogen and oxygen atoms in total. The highest BCUT2D eigenvalue weighted by molar-refractivity contribution is 5.83. The maximum Gasteiger partial charge on any atom is 0.185 e. The number of nitrogens with zero attached hydrogens (tertiary/aromatic N) is 2. The van der Waals surface area contributed by atoms with Gasteiger partial charge in [-0.1, -0.05) is 19.1 Å². The van der Waals surface area contributed by atoms with E-state index in [1.54, 1.807) is 0 Å². The average Bonchev–Trinajstić information content (AvgIpc) is 2.66. The second kappa shape index (κ2) is 3.85. The van der Waals surface area contributed by atoms with Crippen LogP contribution in [0, 0.1) is 0 Å². The van der Waals surface area contributed by atoms with Crippen molar-refractivity contribution in [2.24, 2.45) is 0 Å². The second-order valence-electron chi connectivity index (χ2n) is 3.70. The van der Waals surface area contributed by atoms with Crippen LogP contribution < -0.4 is 0 Å². The van der Waals surface area contributed by atoms with Gasteiger partial charge in [-0.05, 0) is 25.5 Å². The van der Waals surface area contributed by atoms with Crippen LogP contribution in [-0.4, -0.2) is 15.8 Å². The minimum atomic E-state index is 0.303. The number of imidazole rings is 1. The third kappa shape index (κ3) is 1.54. The molecular formula is C12H14N2O. The maximum absolute atomic E-state index is 10.9. The molecule has 1 aromatic heterocycles. The van der Waals surface area contributed by atoms with Gasteiger partial charge in [0.2, 0.25) is 0 Å². The molecule has 2 aromatic rings. The molecule has 0 saturated heterocycles. The van der Waals surface area contributed by atoms with Crippen LogP contribution in [0.15, 0.2) is 24.3 Å². The lowest BCUT2D eigenvalue weighted by molar-refractivity contribution is 0.111. The number of rotatable bonds is 3. The van der Waals surface area contributed by atoms with Crippen LogP contribution in [0.2, 0.25) is 0 Å². The fourth-order valence-corrected chi connectivity index (χ4v) is 1.79. The fourth-order valence-electron chi connectivity index (χ4n) is 1.79. The Bertz CT molecular complexity index is 487. The van der Waals surface area contributed by atoms with Crippen molar-refractivity contribution in [3.8, 4) is 0 Å². The Labute approximate surface area is 88.7 Å². The Morgan fingerprint density at radius 1 is 1.47 bits per heavy atom. The highest BCUT2D eigenvalue weighted by Gasteiger charge is 2.13. The van der Waals surface area contributed by atoms with Crippen LogP contribution in [0.25, 0.3) is 11.0 Å². The minimum absolute atomic E-state index is 0.303. The Morgan fingerprint density at radius 3 is 2.87 bits per heavy atom. The molecule has 2 rings (SSSR count). The van der Waals surface area contributed by atoms with Gasteiger partial charge in [0.1, 0.15) is 0 Å². The first kappa shape index (κ1) is 9.90. The number of carbonyl (C=O) groups excluding carboxylic acids is 1. The smallest absolute Gasteiger partial charge is 0.185 e. The van der Waals surface area contributed by atoms with Crippen molar-refractivity contribution in [1.82, 2.24) is 9.55 Å². The van der Waals surface area contributed by atoms with Crippen molar-refractivity contribution in [1.29, 1.82) is 0 Å². The molecule has 1 heterocycles. The van der Waals surface area contributed by atoms with Crippen molar-refractivity contribution in [3.63, 3.8) is 0 Å². The number of aldehydes is 1. The summed E-state index contributed by atoms with van der Waals surface area (Å²) in [6.45, 7) is 4.20. The van der Waals surface area contributed by atoms with Crippen molar-refractivity contribution in [3.05, 3.63) is 30.1 Å². The molecule has 1 atom stereocenters. The zero-order valence-corrected chi connectivity index (χ0v) is 8.97. The van der Waals surface area contributed by atoms with E-state index in [1.165, 1.54) is 0 Å². The molecule has 0 aliphatic rings. The van der Waals surface area contributed by atoms with Gasteiger partial charge >= 0.3 is 0 Å². The third-order valence-corrected chi connectivity index (χ3v) is 2.76. The number of fused-ring (bicyclic) bond motifs is 1. The van der Waals surface area contributed by atoms with E-state index in [2.05, 4.69) is 18.8 Å². The molecule has 0 radical (unpaired) electrons. The van der Waals surface area contributed by atoms with Gasteiger partial charge in [-0.15, -0.1) is 0 Å². The van der Waals surface area contributed by atoms with E-state index in [4.69, 9.17) is 0 Å². The standard InChI is InChI=1S/C12H14N2O/c1-3-9(2)14-11-7-5-4-6-10(11)13-12(14)8-15/h4-9H,3H2,1-2H3/t9-/m0/s1. The first-order valence-corrected chi connectivity index (χ1v) is 5.20. The molecule has 0 aliphatic carbocycles. The molecule has 3 heteroatoms. The average molecular weight is 202 g/mol. The van der Waals surface area contributed by atoms with Crippen LogP contribution in [0.1, 0.15) is 36.9 Å². The number of hydrogen-bond acceptors (Lipinski definition) is 2. The van der Waals surface area contributed by atoms with Crippen molar-refractivity contribution in [2.45, 2.75) is 26.3 Å². The van der Waals surface area contributed by atoms with Gasteiger partial charge in [0.05, 0.1) is 11.0 Å². The summed E-state index contributed by atoms with van der Waals surface area (Å²) in [5.41, 5.74) is 1.92. The highest BCUT2D eigenvalue weighted by Crippen LogP contribution is 2.21. The fraction of sp³-hybridized carbons (Fsp3) is 0.333. The Balaban J connectivity index is 2.72. The largest absolute Gasteiger partial charge is 0.319 e. The summed E-state index contributed by atoms with van der Waals surface area (Å²) in [4.78, 5) is 15.2. The zero-order valence-electron chi connectivity index (χ0n) is 8.97.